The summed E-state index contributed by atoms with van der Waals surface area (Å²) in [6.07, 6.45) is 2.61. The number of hydrogen-bond donors (Lipinski definition) is 3. The normalized spacial score (nSPS) is 12.0. The van der Waals surface area contributed by atoms with Gasteiger partial charge in [0.1, 0.15) is 0 Å². The fraction of sp³-hybridized carbons (Fsp3) is 0.0714. The maximum atomic E-state index is 11.2. The minimum atomic E-state index is -1.10. The van der Waals surface area contributed by atoms with Crippen molar-refractivity contribution in [2.24, 2.45) is 4.99 Å². The van der Waals surface area contributed by atoms with E-state index in [1.54, 1.807) is 13.0 Å². The summed E-state index contributed by atoms with van der Waals surface area (Å²) in [5.41, 5.74) is 6.20. The van der Waals surface area contributed by atoms with Crippen LogP contribution in [0.25, 0.3) is 0 Å². The van der Waals surface area contributed by atoms with Crippen molar-refractivity contribution in [2.45, 2.75) is 11.8 Å². The van der Waals surface area contributed by atoms with Crippen LogP contribution in [0.15, 0.2) is 50.8 Å². The van der Waals surface area contributed by atoms with Crippen LogP contribution in [0.3, 0.4) is 0 Å². The van der Waals surface area contributed by atoms with Crippen LogP contribution < -0.4 is 5.73 Å². The van der Waals surface area contributed by atoms with Gasteiger partial charge in [-0.05, 0) is 37.9 Å². The van der Waals surface area contributed by atoms with Gasteiger partial charge < -0.3 is 15.9 Å². The first-order chi connectivity index (χ1) is 9.86. The fourth-order valence-corrected chi connectivity index (χ4v) is 2.37. The number of hydrogen-bond acceptors (Lipinski definition) is 5. The molecule has 0 aromatic heterocycles. The summed E-state index contributed by atoms with van der Waals surface area (Å²) in [6.45, 7) is 4.87. The van der Waals surface area contributed by atoms with Crippen LogP contribution in [0, 0.1) is 0 Å². The first kappa shape index (κ1) is 16.5. The Balaban J connectivity index is 3.13. The molecule has 110 valence electrons. The van der Waals surface area contributed by atoms with Crippen LogP contribution in [0.2, 0.25) is 0 Å². The van der Waals surface area contributed by atoms with Crippen molar-refractivity contribution in [3.05, 3.63) is 46.5 Å². The van der Waals surface area contributed by atoms with Gasteiger partial charge in [0, 0.05) is 21.7 Å². The highest BCUT2D eigenvalue weighted by Gasteiger charge is 2.12. The highest BCUT2D eigenvalue weighted by molar-refractivity contribution is 8.03. The number of aromatic carboxylic acids is 1. The number of rotatable bonds is 6. The molecule has 0 saturated carbocycles. The van der Waals surface area contributed by atoms with E-state index in [1.165, 1.54) is 24.4 Å². The molecule has 0 radical (unpaired) electrons. The molecule has 0 heterocycles. The Hall–Kier alpha value is -2.54. The van der Waals surface area contributed by atoms with Crippen molar-refractivity contribution >= 4 is 36.1 Å². The van der Waals surface area contributed by atoms with E-state index in [0.29, 0.717) is 9.80 Å². The van der Waals surface area contributed by atoms with Crippen LogP contribution in [-0.4, -0.2) is 28.9 Å². The van der Waals surface area contributed by atoms with Gasteiger partial charge in [-0.1, -0.05) is 11.8 Å². The van der Waals surface area contributed by atoms with Crippen molar-refractivity contribution in [1.82, 2.24) is 0 Å². The Morgan fingerprint density at radius 3 is 2.52 bits per heavy atom. The molecule has 1 aromatic carbocycles. The summed E-state index contributed by atoms with van der Waals surface area (Å²) in [7, 11) is 0. The molecule has 1 aromatic rings. The predicted octanol–water partition coefficient (Wildman–Crippen LogP) is 2.63. The molecule has 0 aliphatic carbocycles. The van der Waals surface area contributed by atoms with Gasteiger partial charge in [0.25, 0.3) is 0 Å². The minimum absolute atomic E-state index is 0.0640. The topological polar surface area (TPSA) is 113 Å². The summed E-state index contributed by atoms with van der Waals surface area (Å²) in [5, 5.41) is 18.0. The summed E-state index contributed by atoms with van der Waals surface area (Å²) in [5.74, 6) is -2.17. The number of thioether (sulfide) groups is 1. The van der Waals surface area contributed by atoms with E-state index in [4.69, 9.17) is 15.9 Å². The zero-order chi connectivity index (χ0) is 16.0. The van der Waals surface area contributed by atoms with Gasteiger partial charge in [-0.3, -0.25) is 4.99 Å². The van der Waals surface area contributed by atoms with Crippen molar-refractivity contribution < 1.29 is 19.8 Å². The molecule has 0 saturated heterocycles. The van der Waals surface area contributed by atoms with Crippen LogP contribution in [0.1, 0.15) is 17.3 Å². The number of benzene rings is 1. The molecule has 21 heavy (non-hydrogen) atoms. The average Bonchev–Trinajstić information content (AvgIpc) is 2.40. The molecule has 6 nitrogen and oxygen atoms in total. The van der Waals surface area contributed by atoms with Gasteiger partial charge >= 0.3 is 11.9 Å². The van der Waals surface area contributed by atoms with Crippen LogP contribution in [0.4, 0.5) is 5.69 Å². The third-order valence-electron chi connectivity index (χ3n) is 2.48. The monoisotopic (exact) mass is 306 g/mol. The van der Waals surface area contributed by atoms with E-state index in [0.717, 1.165) is 11.8 Å². The minimum Gasteiger partial charge on any atom is -0.478 e. The van der Waals surface area contributed by atoms with E-state index >= 15 is 0 Å². The van der Waals surface area contributed by atoms with Gasteiger partial charge in [-0.25, -0.2) is 9.59 Å². The van der Waals surface area contributed by atoms with Crippen LogP contribution >= 0.6 is 11.8 Å². The van der Waals surface area contributed by atoms with Crippen LogP contribution in [0.5, 0.6) is 0 Å². The summed E-state index contributed by atoms with van der Waals surface area (Å²) in [4.78, 5) is 26.5. The standard InChI is InChI=1S/C14H14N2O4S/c1-8(10(14(19)20)5-6-16-2)21-12-4-3-9(13(17)18)7-11(12)15/h3-7H,2,15H2,1H3,(H,17,18)(H,19,20)/b6-5-,10-8-. The zero-order valence-electron chi connectivity index (χ0n) is 11.2. The van der Waals surface area contributed by atoms with Gasteiger partial charge in [0.2, 0.25) is 0 Å². The molecule has 0 bridgehead atoms. The molecule has 0 amide bonds. The number of aliphatic carboxylic acids is 1. The second-order valence-electron chi connectivity index (χ2n) is 3.93. The zero-order valence-corrected chi connectivity index (χ0v) is 12.1. The highest BCUT2D eigenvalue weighted by atomic mass is 32.2. The van der Waals surface area contributed by atoms with E-state index in [2.05, 4.69) is 11.7 Å². The molecular formula is C14H14N2O4S. The highest BCUT2D eigenvalue weighted by Crippen LogP contribution is 2.33. The van der Waals surface area contributed by atoms with Crippen molar-refractivity contribution in [3.8, 4) is 0 Å². The molecule has 0 spiro atoms. The first-order valence-electron chi connectivity index (χ1n) is 5.74. The number of carboxylic acid groups (broad SMARTS) is 2. The Kier molecular flexibility index (Phi) is 5.74. The lowest BCUT2D eigenvalue weighted by molar-refractivity contribution is -0.132. The van der Waals surface area contributed by atoms with Crippen LogP contribution in [-0.2, 0) is 4.79 Å². The van der Waals surface area contributed by atoms with Gasteiger partial charge in [-0.15, -0.1) is 0 Å². The van der Waals surface area contributed by atoms with Gasteiger partial charge in [0.05, 0.1) is 11.1 Å². The number of nitrogens with zero attached hydrogens (tertiary/aromatic N) is 1. The molecule has 0 fully saturated rings. The number of carbonyl (C=O) groups is 2. The van der Waals surface area contributed by atoms with Crippen molar-refractivity contribution in [1.29, 1.82) is 0 Å². The number of nitrogen functional groups attached to an aromatic ring is 1. The Morgan fingerprint density at radius 2 is 2.05 bits per heavy atom. The fourth-order valence-electron chi connectivity index (χ4n) is 1.46. The SMILES string of the molecule is C=N/C=C\C(C(=O)O)=C(/C)Sc1ccc(C(=O)O)cc1N. The molecule has 0 atom stereocenters. The Bertz CT molecular complexity index is 650. The third-order valence-corrected chi connectivity index (χ3v) is 3.59. The number of allylic oxidation sites excluding steroid dienone is 1. The molecule has 0 aliphatic heterocycles. The summed E-state index contributed by atoms with van der Waals surface area (Å²) in [6, 6.07) is 4.29. The predicted molar refractivity (Wildman–Crippen MR) is 82.7 cm³/mol. The van der Waals surface area contributed by atoms with Crippen molar-refractivity contribution in [3.63, 3.8) is 0 Å². The summed E-state index contributed by atoms with van der Waals surface area (Å²) >= 11 is 1.15. The lowest BCUT2D eigenvalue weighted by Crippen LogP contribution is -2.01. The van der Waals surface area contributed by atoms with E-state index in [9.17, 15) is 9.59 Å². The molecule has 4 N–H and O–H groups in total. The first-order valence-corrected chi connectivity index (χ1v) is 6.55. The maximum absolute atomic E-state index is 11.2. The number of anilines is 1. The largest absolute Gasteiger partial charge is 0.478 e. The number of aliphatic imine (C=N–C) groups is 1. The molecule has 1 rings (SSSR count). The van der Waals surface area contributed by atoms with E-state index in [-0.39, 0.29) is 16.8 Å². The molecule has 0 aliphatic rings. The number of carboxylic acids is 2. The quantitative estimate of drug-likeness (QED) is 0.245. The lowest BCUT2D eigenvalue weighted by Gasteiger charge is -2.08. The second-order valence-corrected chi connectivity index (χ2v) is 5.19. The summed E-state index contributed by atoms with van der Waals surface area (Å²) < 4.78 is 0. The molecule has 7 heteroatoms. The van der Waals surface area contributed by atoms with Crippen molar-refractivity contribution in [2.75, 3.05) is 5.73 Å². The smallest absolute Gasteiger partial charge is 0.336 e. The van der Waals surface area contributed by atoms with E-state index in [1.807, 2.05) is 0 Å². The van der Waals surface area contributed by atoms with Gasteiger partial charge in [-0.2, -0.15) is 0 Å². The lowest BCUT2D eigenvalue weighted by atomic mass is 10.2. The Labute approximate surface area is 125 Å². The van der Waals surface area contributed by atoms with Gasteiger partial charge in [0.15, 0.2) is 0 Å². The van der Waals surface area contributed by atoms with E-state index < -0.39 is 11.9 Å². The average molecular weight is 306 g/mol. The Morgan fingerprint density at radius 1 is 1.38 bits per heavy atom. The molecular weight excluding hydrogens is 292 g/mol. The number of nitrogens with two attached hydrogens (primary N) is 1. The second kappa shape index (κ2) is 7.30. The third kappa shape index (κ3) is 4.50. The molecule has 0 unspecified atom stereocenters. The maximum Gasteiger partial charge on any atom is 0.336 e.